The Morgan fingerprint density at radius 3 is 2.44 bits per heavy atom. The molecule has 0 spiro atoms. The van der Waals surface area contributed by atoms with Crippen molar-refractivity contribution in [2.24, 2.45) is 0 Å². The van der Waals surface area contributed by atoms with Crippen LogP contribution in [0.5, 0.6) is 0 Å². The van der Waals surface area contributed by atoms with Gasteiger partial charge in [0.25, 0.3) is 0 Å². The Labute approximate surface area is 96.5 Å². The number of halogens is 1. The van der Waals surface area contributed by atoms with Gasteiger partial charge in [0.2, 0.25) is 0 Å². The molecule has 0 heterocycles. The van der Waals surface area contributed by atoms with E-state index in [0.29, 0.717) is 23.7 Å². The minimum atomic E-state index is -0.995. The van der Waals surface area contributed by atoms with Gasteiger partial charge in [-0.2, -0.15) is 0 Å². The molecule has 3 heteroatoms. The third kappa shape index (κ3) is 3.58. The molecule has 1 rings (SSSR count). The van der Waals surface area contributed by atoms with Gasteiger partial charge in [0, 0.05) is 18.2 Å². The molecule has 0 aliphatic heterocycles. The van der Waals surface area contributed by atoms with Crippen molar-refractivity contribution in [2.45, 2.75) is 45.9 Å². The molecule has 1 aromatic carbocycles. The molecular formula is C13H20FNO. The zero-order valence-corrected chi connectivity index (χ0v) is 10.3. The van der Waals surface area contributed by atoms with Crippen molar-refractivity contribution in [1.29, 1.82) is 0 Å². The monoisotopic (exact) mass is 225 g/mol. The van der Waals surface area contributed by atoms with Gasteiger partial charge in [0.05, 0.1) is 5.60 Å². The smallest absolute Gasteiger partial charge is 0.128 e. The minimum absolute atomic E-state index is 0.271. The van der Waals surface area contributed by atoms with Crippen LogP contribution >= 0.6 is 0 Å². The van der Waals surface area contributed by atoms with E-state index in [2.05, 4.69) is 5.32 Å². The Morgan fingerprint density at radius 1 is 1.38 bits per heavy atom. The molecule has 0 unspecified atom stereocenters. The minimum Gasteiger partial charge on any atom is -0.386 e. The molecule has 0 saturated carbocycles. The zero-order chi connectivity index (χ0) is 12.3. The predicted octanol–water partition coefficient (Wildman–Crippen LogP) is 2.55. The Hall–Kier alpha value is -0.930. The Morgan fingerprint density at radius 2 is 2.00 bits per heavy atom. The van der Waals surface area contributed by atoms with E-state index in [9.17, 15) is 9.50 Å². The fourth-order valence-corrected chi connectivity index (χ4v) is 1.39. The maximum absolute atomic E-state index is 13.7. The zero-order valence-electron chi connectivity index (χ0n) is 10.3. The molecular weight excluding hydrogens is 205 g/mol. The van der Waals surface area contributed by atoms with Gasteiger partial charge in [-0.3, -0.25) is 0 Å². The third-order valence-electron chi connectivity index (χ3n) is 2.46. The van der Waals surface area contributed by atoms with Gasteiger partial charge < -0.3 is 10.4 Å². The van der Waals surface area contributed by atoms with Crippen molar-refractivity contribution in [3.63, 3.8) is 0 Å². The van der Waals surface area contributed by atoms with Gasteiger partial charge in [-0.1, -0.05) is 26.0 Å². The summed E-state index contributed by atoms with van der Waals surface area (Å²) in [4.78, 5) is 0. The van der Waals surface area contributed by atoms with Crippen LogP contribution in [0.2, 0.25) is 0 Å². The normalized spacial score (nSPS) is 12.2. The first kappa shape index (κ1) is 13.1. The van der Waals surface area contributed by atoms with Crippen LogP contribution in [0, 0.1) is 5.82 Å². The Bertz CT molecular complexity index is 355. The summed E-state index contributed by atoms with van der Waals surface area (Å²) < 4.78 is 13.7. The number of rotatable bonds is 4. The van der Waals surface area contributed by atoms with Crippen LogP contribution in [-0.4, -0.2) is 11.1 Å². The summed E-state index contributed by atoms with van der Waals surface area (Å²) in [5.74, 6) is -0.271. The third-order valence-corrected chi connectivity index (χ3v) is 2.46. The number of benzene rings is 1. The van der Waals surface area contributed by atoms with Gasteiger partial charge in [-0.15, -0.1) is 0 Å². The lowest BCUT2D eigenvalue weighted by molar-refractivity contribution is 0.0782. The van der Waals surface area contributed by atoms with E-state index in [4.69, 9.17) is 0 Å². The maximum atomic E-state index is 13.7. The van der Waals surface area contributed by atoms with Crippen LogP contribution in [0.1, 0.15) is 38.8 Å². The maximum Gasteiger partial charge on any atom is 0.128 e. The van der Waals surface area contributed by atoms with Crippen molar-refractivity contribution >= 4 is 0 Å². The van der Waals surface area contributed by atoms with E-state index >= 15 is 0 Å². The van der Waals surface area contributed by atoms with Gasteiger partial charge in [-0.25, -0.2) is 4.39 Å². The first-order valence-corrected chi connectivity index (χ1v) is 5.55. The Kier molecular flexibility index (Phi) is 4.05. The summed E-state index contributed by atoms with van der Waals surface area (Å²) in [6, 6.07) is 5.21. The second-order valence-electron chi connectivity index (χ2n) is 4.90. The van der Waals surface area contributed by atoms with Gasteiger partial charge in [-0.05, 0) is 25.5 Å². The van der Waals surface area contributed by atoms with Crippen molar-refractivity contribution < 1.29 is 9.50 Å². The van der Waals surface area contributed by atoms with Gasteiger partial charge in [0.15, 0.2) is 0 Å². The number of hydrogen-bond acceptors (Lipinski definition) is 2. The van der Waals surface area contributed by atoms with Gasteiger partial charge >= 0.3 is 0 Å². The molecule has 0 fully saturated rings. The standard InChI is InChI=1S/C13H20FNO/c1-9(2)15-8-10-5-6-11(7-12(10)14)13(3,4)16/h5-7,9,15-16H,8H2,1-4H3. The topological polar surface area (TPSA) is 32.3 Å². The summed E-state index contributed by atoms with van der Waals surface area (Å²) in [5.41, 5.74) is 0.227. The molecule has 0 amide bonds. The van der Waals surface area contributed by atoms with E-state index in [1.807, 2.05) is 13.8 Å². The molecule has 0 aliphatic rings. The number of nitrogens with one attached hydrogen (secondary N) is 1. The fourth-order valence-electron chi connectivity index (χ4n) is 1.39. The van der Waals surface area contributed by atoms with E-state index in [-0.39, 0.29) is 5.82 Å². The summed E-state index contributed by atoms with van der Waals surface area (Å²) in [5, 5.41) is 12.9. The van der Waals surface area contributed by atoms with Crippen LogP contribution in [0.3, 0.4) is 0 Å². The highest BCUT2D eigenvalue weighted by Gasteiger charge is 2.17. The van der Waals surface area contributed by atoms with E-state index in [1.54, 1.807) is 26.0 Å². The highest BCUT2D eigenvalue weighted by atomic mass is 19.1. The summed E-state index contributed by atoms with van der Waals surface area (Å²) >= 11 is 0. The average Bonchev–Trinajstić information content (AvgIpc) is 2.14. The molecule has 2 nitrogen and oxygen atoms in total. The molecule has 90 valence electrons. The van der Waals surface area contributed by atoms with Crippen molar-refractivity contribution in [3.8, 4) is 0 Å². The number of hydrogen-bond donors (Lipinski definition) is 2. The molecule has 1 aromatic rings. The summed E-state index contributed by atoms with van der Waals surface area (Å²) in [6.07, 6.45) is 0. The van der Waals surface area contributed by atoms with Crippen molar-refractivity contribution in [1.82, 2.24) is 5.32 Å². The number of aliphatic hydroxyl groups is 1. The fraction of sp³-hybridized carbons (Fsp3) is 0.538. The first-order chi connectivity index (χ1) is 7.30. The first-order valence-electron chi connectivity index (χ1n) is 5.55. The molecule has 0 radical (unpaired) electrons. The summed E-state index contributed by atoms with van der Waals surface area (Å²) in [6.45, 7) is 7.84. The highest BCUT2D eigenvalue weighted by Crippen LogP contribution is 2.21. The molecule has 2 N–H and O–H groups in total. The van der Waals surface area contributed by atoms with Crippen LogP contribution in [0.15, 0.2) is 18.2 Å². The SMILES string of the molecule is CC(C)NCc1ccc(C(C)(C)O)cc1F. The Balaban J connectivity index is 2.84. The van der Waals surface area contributed by atoms with Crippen LogP contribution < -0.4 is 5.32 Å². The van der Waals surface area contributed by atoms with E-state index in [0.717, 1.165) is 0 Å². The highest BCUT2D eigenvalue weighted by molar-refractivity contribution is 5.27. The molecule has 0 aliphatic carbocycles. The van der Waals surface area contributed by atoms with Crippen molar-refractivity contribution in [2.75, 3.05) is 0 Å². The van der Waals surface area contributed by atoms with Crippen molar-refractivity contribution in [3.05, 3.63) is 35.1 Å². The molecule has 16 heavy (non-hydrogen) atoms. The molecule has 0 aromatic heterocycles. The lowest BCUT2D eigenvalue weighted by Crippen LogP contribution is -2.23. The lowest BCUT2D eigenvalue weighted by Gasteiger charge is -2.18. The largest absolute Gasteiger partial charge is 0.386 e. The molecule has 0 bridgehead atoms. The molecule has 0 saturated heterocycles. The summed E-state index contributed by atoms with van der Waals surface area (Å²) in [7, 11) is 0. The quantitative estimate of drug-likeness (QED) is 0.825. The van der Waals surface area contributed by atoms with Crippen LogP contribution in [0.25, 0.3) is 0 Å². The van der Waals surface area contributed by atoms with E-state index < -0.39 is 5.60 Å². The predicted molar refractivity (Wildman–Crippen MR) is 63.6 cm³/mol. The van der Waals surface area contributed by atoms with Crippen LogP contribution in [0.4, 0.5) is 4.39 Å². The van der Waals surface area contributed by atoms with E-state index in [1.165, 1.54) is 6.07 Å². The van der Waals surface area contributed by atoms with Crippen LogP contribution in [-0.2, 0) is 12.1 Å². The van der Waals surface area contributed by atoms with Gasteiger partial charge in [0.1, 0.15) is 5.82 Å². The molecule has 0 atom stereocenters. The second kappa shape index (κ2) is 4.93. The lowest BCUT2D eigenvalue weighted by atomic mass is 9.97. The second-order valence-corrected chi connectivity index (χ2v) is 4.90. The average molecular weight is 225 g/mol.